The van der Waals surface area contributed by atoms with E-state index in [0.717, 1.165) is 0 Å². The lowest BCUT2D eigenvalue weighted by atomic mass is 10.3. The summed E-state index contributed by atoms with van der Waals surface area (Å²) in [5, 5.41) is 2.47. The van der Waals surface area contributed by atoms with Crippen molar-refractivity contribution in [1.29, 1.82) is 0 Å². The molecule has 0 atom stereocenters. The van der Waals surface area contributed by atoms with E-state index in [2.05, 4.69) is 15.0 Å². The maximum Gasteiger partial charge on any atom is 0.271 e. The Bertz CT molecular complexity index is 1080. The molecule has 0 fully saturated rings. The average Bonchev–Trinajstić information content (AvgIpc) is 3.16. The van der Waals surface area contributed by atoms with E-state index < -0.39 is 0 Å². The molecule has 8 heteroatoms. The van der Waals surface area contributed by atoms with E-state index >= 15 is 0 Å². The highest BCUT2D eigenvalue weighted by Crippen LogP contribution is 2.24. The van der Waals surface area contributed by atoms with E-state index in [0.29, 0.717) is 38.0 Å². The first-order valence-corrected chi connectivity index (χ1v) is 8.70. The third-order valence-corrected chi connectivity index (χ3v) is 5.43. The summed E-state index contributed by atoms with van der Waals surface area (Å²) in [7, 11) is 1.70. The highest BCUT2D eigenvalue weighted by molar-refractivity contribution is 7.98. The lowest BCUT2D eigenvalue weighted by Gasteiger charge is -2.05. The average molecular weight is 346 g/mol. The number of hydrogen-bond donors (Lipinski definition) is 1. The van der Waals surface area contributed by atoms with Gasteiger partial charge in [0.2, 0.25) is 0 Å². The van der Waals surface area contributed by atoms with Crippen LogP contribution in [0.4, 0.5) is 4.39 Å². The summed E-state index contributed by atoms with van der Waals surface area (Å²) in [5.41, 5.74) is 1.65. The van der Waals surface area contributed by atoms with Crippen LogP contribution in [0.1, 0.15) is 5.82 Å². The number of para-hydroxylation sites is 1. The monoisotopic (exact) mass is 346 g/mol. The predicted molar refractivity (Wildman–Crippen MR) is 90.5 cm³/mol. The minimum absolute atomic E-state index is 0.0526. The fourth-order valence-electron chi connectivity index (χ4n) is 2.35. The van der Waals surface area contributed by atoms with Crippen LogP contribution in [0.2, 0.25) is 0 Å². The molecule has 0 saturated heterocycles. The van der Waals surface area contributed by atoms with E-state index in [1.165, 1.54) is 33.7 Å². The first kappa shape index (κ1) is 14.4. The van der Waals surface area contributed by atoms with Crippen molar-refractivity contribution in [2.45, 2.75) is 10.9 Å². The summed E-state index contributed by atoms with van der Waals surface area (Å²) in [6, 6.07) is 6.64. The van der Waals surface area contributed by atoms with Crippen LogP contribution in [0.5, 0.6) is 0 Å². The van der Waals surface area contributed by atoms with Crippen LogP contribution in [0.15, 0.2) is 39.6 Å². The highest BCUT2D eigenvalue weighted by Gasteiger charge is 2.12. The Morgan fingerprint density at radius 1 is 1.35 bits per heavy atom. The molecule has 0 aliphatic heterocycles. The van der Waals surface area contributed by atoms with Crippen molar-refractivity contribution < 1.29 is 4.39 Å². The van der Waals surface area contributed by atoms with Crippen molar-refractivity contribution in [3.05, 3.63) is 51.6 Å². The Labute approximate surface area is 138 Å². The third-order valence-electron chi connectivity index (χ3n) is 3.50. The Morgan fingerprint density at radius 3 is 3.04 bits per heavy atom. The first-order valence-electron chi connectivity index (χ1n) is 6.83. The summed E-state index contributed by atoms with van der Waals surface area (Å²) in [6.45, 7) is 0. The fraction of sp³-hybridized carbons (Fsp3) is 0.133. The molecule has 3 aromatic heterocycles. The number of thiophene rings is 1. The summed E-state index contributed by atoms with van der Waals surface area (Å²) in [5.74, 6) is 0.777. The normalized spacial score (nSPS) is 11.6. The van der Waals surface area contributed by atoms with Crippen LogP contribution in [-0.4, -0.2) is 19.5 Å². The van der Waals surface area contributed by atoms with Crippen molar-refractivity contribution in [2.24, 2.45) is 7.05 Å². The Morgan fingerprint density at radius 2 is 2.22 bits per heavy atom. The second kappa shape index (κ2) is 5.47. The van der Waals surface area contributed by atoms with Gasteiger partial charge in [0.1, 0.15) is 16.0 Å². The van der Waals surface area contributed by atoms with Gasteiger partial charge in [-0.25, -0.2) is 14.4 Å². The third kappa shape index (κ3) is 2.43. The number of fused-ring (bicyclic) bond motifs is 2. The second-order valence-electron chi connectivity index (χ2n) is 5.00. The van der Waals surface area contributed by atoms with E-state index in [-0.39, 0.29) is 11.4 Å². The predicted octanol–water partition coefficient (Wildman–Crippen LogP) is 3.30. The molecule has 4 aromatic rings. The van der Waals surface area contributed by atoms with Crippen molar-refractivity contribution >= 4 is 44.3 Å². The number of aromatic nitrogens is 4. The van der Waals surface area contributed by atoms with Crippen molar-refractivity contribution in [1.82, 2.24) is 19.5 Å². The molecule has 1 aromatic carbocycles. The molecule has 0 aliphatic carbocycles. The molecule has 23 heavy (non-hydrogen) atoms. The van der Waals surface area contributed by atoms with Crippen LogP contribution in [0.3, 0.4) is 0 Å². The number of nitrogens with zero attached hydrogens (tertiary/aromatic N) is 3. The van der Waals surface area contributed by atoms with Crippen molar-refractivity contribution in [3.63, 3.8) is 0 Å². The number of benzene rings is 1. The smallest absolute Gasteiger partial charge is 0.271 e. The topological polar surface area (TPSA) is 63.6 Å². The summed E-state index contributed by atoms with van der Waals surface area (Å²) >= 11 is 2.78. The Kier molecular flexibility index (Phi) is 3.42. The molecule has 0 amide bonds. The zero-order valence-electron chi connectivity index (χ0n) is 12.0. The van der Waals surface area contributed by atoms with Crippen LogP contribution in [0.25, 0.3) is 21.3 Å². The summed E-state index contributed by atoms with van der Waals surface area (Å²) in [6.07, 6.45) is 0. The molecule has 1 N–H and O–H groups in total. The van der Waals surface area contributed by atoms with Gasteiger partial charge < -0.3 is 4.98 Å². The van der Waals surface area contributed by atoms with Gasteiger partial charge >= 0.3 is 0 Å². The Hall–Kier alpha value is -2.19. The minimum atomic E-state index is -0.347. The molecule has 0 saturated carbocycles. The lowest BCUT2D eigenvalue weighted by molar-refractivity contribution is 0.637. The number of hydrogen-bond acceptors (Lipinski definition) is 5. The van der Waals surface area contributed by atoms with Gasteiger partial charge in [0, 0.05) is 7.05 Å². The van der Waals surface area contributed by atoms with Crippen molar-refractivity contribution in [2.75, 3.05) is 0 Å². The van der Waals surface area contributed by atoms with Gasteiger partial charge in [-0.3, -0.25) is 9.36 Å². The van der Waals surface area contributed by atoms with Gasteiger partial charge in [0.25, 0.3) is 5.56 Å². The maximum atomic E-state index is 13.7. The SMILES string of the molecule is Cn1c(SCc2nc3c(F)cccc3[nH]2)nc2ccsc2c1=O. The molecule has 0 aliphatic rings. The van der Waals surface area contributed by atoms with E-state index in [1.807, 2.05) is 11.4 Å². The quantitative estimate of drug-likeness (QED) is 0.457. The standard InChI is InChI=1S/C15H11FN4OS2/c1-20-14(21)13-10(5-6-22-13)18-15(20)23-7-11-17-9-4-2-3-8(16)12(9)19-11/h2-6H,7H2,1H3,(H,17,19). The number of nitrogens with one attached hydrogen (secondary N) is 1. The lowest BCUT2D eigenvalue weighted by Crippen LogP contribution is -2.18. The van der Waals surface area contributed by atoms with Gasteiger partial charge in [-0.05, 0) is 23.6 Å². The molecule has 0 radical (unpaired) electrons. The zero-order valence-corrected chi connectivity index (χ0v) is 13.7. The van der Waals surface area contributed by atoms with Gasteiger partial charge in [0.15, 0.2) is 11.0 Å². The van der Waals surface area contributed by atoms with E-state index in [1.54, 1.807) is 19.2 Å². The van der Waals surface area contributed by atoms with Crippen LogP contribution in [0, 0.1) is 5.82 Å². The van der Waals surface area contributed by atoms with Gasteiger partial charge in [-0.2, -0.15) is 0 Å². The minimum Gasteiger partial charge on any atom is -0.341 e. The van der Waals surface area contributed by atoms with E-state index in [4.69, 9.17) is 0 Å². The van der Waals surface area contributed by atoms with Gasteiger partial charge in [-0.15, -0.1) is 11.3 Å². The number of aromatic amines is 1. The molecule has 5 nitrogen and oxygen atoms in total. The number of rotatable bonds is 3. The maximum absolute atomic E-state index is 13.7. The van der Waals surface area contributed by atoms with Crippen molar-refractivity contribution in [3.8, 4) is 0 Å². The number of imidazole rings is 1. The molecule has 3 heterocycles. The molecule has 116 valence electrons. The number of halogens is 1. The first-order chi connectivity index (χ1) is 11.1. The molecule has 0 spiro atoms. The van der Waals surface area contributed by atoms with Gasteiger partial charge in [0.05, 0.1) is 16.8 Å². The molecule has 0 unspecified atom stereocenters. The molecular formula is C15H11FN4OS2. The number of thioether (sulfide) groups is 1. The number of H-pyrrole nitrogens is 1. The van der Waals surface area contributed by atoms with Crippen LogP contribution >= 0.6 is 23.1 Å². The molecule has 0 bridgehead atoms. The fourth-order valence-corrected chi connectivity index (χ4v) is 3.99. The van der Waals surface area contributed by atoms with Crippen LogP contribution in [-0.2, 0) is 12.8 Å². The summed E-state index contributed by atoms with van der Waals surface area (Å²) in [4.78, 5) is 24.1. The zero-order chi connectivity index (χ0) is 16.0. The largest absolute Gasteiger partial charge is 0.341 e. The molecular weight excluding hydrogens is 335 g/mol. The molecule has 4 rings (SSSR count). The van der Waals surface area contributed by atoms with E-state index in [9.17, 15) is 9.18 Å². The Balaban J connectivity index is 1.66. The second-order valence-corrected chi connectivity index (χ2v) is 6.86. The van der Waals surface area contributed by atoms with Crippen LogP contribution < -0.4 is 5.56 Å². The highest BCUT2D eigenvalue weighted by atomic mass is 32.2. The summed E-state index contributed by atoms with van der Waals surface area (Å²) < 4.78 is 15.9. The van der Waals surface area contributed by atoms with Gasteiger partial charge in [-0.1, -0.05) is 17.8 Å².